The number of benzene rings is 3. The van der Waals surface area contributed by atoms with Gasteiger partial charge in [0.05, 0.1) is 51.6 Å². The standard InChI is InChI=1S/C63H71FN12O8S3/c1-37-44-14-11-27-75(57(44)72-71-56(37)70-61-67-46-15-7-8-16-49(46)86-61)62-69-53(60(82)83)50(87-62)17-12-32-84-48-25-20-40(33-45(48)64)13-10-26-73-28-30-74(31-29-73)52(79)19-9-18-51(78)68-55(63(4,5)6)59(81)76-35-43(77)34-47(76)58(80)66-38(2)41-21-23-42(24-22-41)54-39(3)65-36-85-54/h7-8,15-16,20-25,33,36,38,43,47,55,77H,9,11-12,14,17-19,26-32,34-35H2,1-6H3,(H,66,80)(H,68,78)(H,82,83)(H,67,70,71)/t38-,43+,47-,55?/m0/s1. The Morgan fingerprint density at radius 2 is 1.70 bits per heavy atom. The van der Waals surface area contributed by atoms with Gasteiger partial charge < -0.3 is 45.6 Å². The normalized spacial score (nSPS) is 16.9. The van der Waals surface area contributed by atoms with Crippen LogP contribution in [0.5, 0.6) is 5.75 Å². The van der Waals surface area contributed by atoms with Gasteiger partial charge in [-0.05, 0) is 99.7 Å². The number of hydrogen-bond acceptors (Lipinski definition) is 18. The predicted octanol–water partition coefficient (Wildman–Crippen LogP) is 9.00. The second kappa shape index (κ2) is 27.4. The monoisotopic (exact) mass is 1240 g/mol. The zero-order chi connectivity index (χ0) is 61.5. The Balaban J connectivity index is 0.636. The lowest BCUT2D eigenvalue weighted by Gasteiger charge is -2.35. The van der Waals surface area contributed by atoms with E-state index in [2.05, 4.69) is 57.8 Å². The number of carboxylic acid groups (broad SMARTS) is 1. The van der Waals surface area contributed by atoms with Crippen LogP contribution in [-0.4, -0.2) is 150 Å². The molecule has 0 aliphatic carbocycles. The van der Waals surface area contributed by atoms with E-state index in [-0.39, 0.29) is 68.1 Å². The molecule has 87 heavy (non-hydrogen) atoms. The van der Waals surface area contributed by atoms with E-state index in [0.717, 1.165) is 61.0 Å². The number of carbonyl (C=O) groups excluding carboxylic acids is 4. The van der Waals surface area contributed by atoms with Crippen LogP contribution in [0, 0.1) is 36.9 Å². The van der Waals surface area contributed by atoms with E-state index in [0.29, 0.717) is 79.3 Å². The summed E-state index contributed by atoms with van der Waals surface area (Å²) in [6.45, 7) is 14.6. The van der Waals surface area contributed by atoms with Crippen molar-refractivity contribution < 1.29 is 43.3 Å². The number of ether oxygens (including phenoxy) is 1. The van der Waals surface area contributed by atoms with E-state index >= 15 is 4.39 Å². The molecule has 20 nitrogen and oxygen atoms in total. The van der Waals surface area contributed by atoms with Gasteiger partial charge >= 0.3 is 5.97 Å². The van der Waals surface area contributed by atoms with Crippen molar-refractivity contribution in [3.05, 3.63) is 117 Å². The van der Waals surface area contributed by atoms with Crippen LogP contribution in [0.4, 0.5) is 26.3 Å². The number of nitrogens with one attached hydrogen (secondary N) is 3. The van der Waals surface area contributed by atoms with Gasteiger partial charge in [-0.3, -0.25) is 24.1 Å². The number of halogens is 1. The number of para-hydroxylation sites is 1. The Morgan fingerprint density at radius 1 is 0.920 bits per heavy atom. The van der Waals surface area contributed by atoms with Crippen molar-refractivity contribution in [2.45, 2.75) is 117 Å². The van der Waals surface area contributed by atoms with Crippen LogP contribution in [-0.2, 0) is 32.0 Å². The van der Waals surface area contributed by atoms with Crippen molar-refractivity contribution in [3.63, 3.8) is 0 Å². The van der Waals surface area contributed by atoms with E-state index in [1.165, 1.54) is 39.7 Å². The highest BCUT2D eigenvalue weighted by atomic mass is 32.1. The summed E-state index contributed by atoms with van der Waals surface area (Å²) >= 11 is 4.40. The highest BCUT2D eigenvalue weighted by Crippen LogP contribution is 2.40. The molecule has 2 fully saturated rings. The number of amides is 4. The maximum atomic E-state index is 15.3. The summed E-state index contributed by atoms with van der Waals surface area (Å²) in [5, 5.41) is 40.4. The second-order valence-electron chi connectivity index (χ2n) is 23.2. The highest BCUT2D eigenvalue weighted by molar-refractivity contribution is 7.22. The van der Waals surface area contributed by atoms with Crippen LogP contribution in [0.1, 0.15) is 116 Å². The Labute approximate surface area is 516 Å². The maximum absolute atomic E-state index is 15.3. The first kappa shape index (κ1) is 62.1. The quantitative estimate of drug-likeness (QED) is 0.0353. The third kappa shape index (κ3) is 14.9. The van der Waals surface area contributed by atoms with Crippen molar-refractivity contribution in [1.82, 2.24) is 50.5 Å². The number of likely N-dealkylation sites (tertiary alicyclic amines) is 1. The number of aliphatic hydroxyl groups is 1. The number of aryl methyl sites for hydroxylation is 2. The molecule has 7 aromatic rings. The number of aromatic nitrogens is 5. The summed E-state index contributed by atoms with van der Waals surface area (Å²) < 4.78 is 22.2. The summed E-state index contributed by atoms with van der Waals surface area (Å²) in [5.41, 5.74) is 7.25. The maximum Gasteiger partial charge on any atom is 0.355 e. The van der Waals surface area contributed by atoms with Gasteiger partial charge in [0.2, 0.25) is 23.6 Å². The van der Waals surface area contributed by atoms with Gasteiger partial charge in [0, 0.05) is 80.1 Å². The molecule has 4 atom stereocenters. The van der Waals surface area contributed by atoms with Crippen LogP contribution in [0.25, 0.3) is 20.7 Å². The van der Waals surface area contributed by atoms with E-state index in [1.54, 1.807) is 22.3 Å². The molecule has 10 rings (SSSR count). The molecular formula is C63H71FN12O8S3. The highest BCUT2D eigenvalue weighted by Gasteiger charge is 2.45. The summed E-state index contributed by atoms with van der Waals surface area (Å²) in [6.07, 6.45) is 1.99. The van der Waals surface area contributed by atoms with Crippen LogP contribution in [0.2, 0.25) is 0 Å². The summed E-state index contributed by atoms with van der Waals surface area (Å²) in [6, 6.07) is 18.1. The Hall–Kier alpha value is -7.95. The largest absolute Gasteiger partial charge is 0.491 e. The Kier molecular flexibility index (Phi) is 19.6. The number of aromatic carboxylic acids is 1. The zero-order valence-corrected chi connectivity index (χ0v) is 52.0. The molecule has 2 saturated heterocycles. The molecule has 3 aliphatic rings. The number of carbonyl (C=O) groups is 5. The zero-order valence-electron chi connectivity index (χ0n) is 49.5. The minimum absolute atomic E-state index is 0.0185. The minimum Gasteiger partial charge on any atom is -0.491 e. The van der Waals surface area contributed by atoms with Crippen molar-refractivity contribution in [2.75, 3.05) is 62.6 Å². The van der Waals surface area contributed by atoms with Gasteiger partial charge in [0.1, 0.15) is 12.1 Å². The molecule has 456 valence electrons. The van der Waals surface area contributed by atoms with Crippen molar-refractivity contribution in [2.24, 2.45) is 5.41 Å². The lowest BCUT2D eigenvalue weighted by atomic mass is 9.85. The first-order valence-electron chi connectivity index (χ1n) is 29.3. The molecule has 4 amide bonds. The number of β-amino-alcohol motifs (C(OH)–C–C–N with tert-alkyl or cyclic N) is 1. The lowest BCUT2D eigenvalue weighted by Crippen LogP contribution is -2.57. The SMILES string of the molecule is Cc1ncsc1-c1ccc([C@H](C)NC(=O)[C@@H]2C[C@@H](O)CN2C(=O)C(NC(=O)CCCC(=O)N2CCN(CC#Cc3ccc(OCCCc4sc(N5CCCc6c5nnc(Nc5nc7ccccc7s5)c6C)nc4C(=O)O)c(F)c3)CC2)C(C)(C)C)cc1. The first-order valence-corrected chi connectivity index (χ1v) is 31.8. The molecule has 3 aromatic carbocycles. The van der Waals surface area contributed by atoms with Gasteiger partial charge in [0.25, 0.3) is 0 Å². The molecule has 0 bridgehead atoms. The summed E-state index contributed by atoms with van der Waals surface area (Å²) in [4.78, 5) is 89.4. The average Bonchev–Trinajstić information content (AvgIpc) is 2.15. The fraction of sp³-hybridized carbons (Fsp3) is 0.429. The molecule has 4 aromatic heterocycles. The number of aliphatic hydroxyl groups excluding tert-OH is 1. The van der Waals surface area contributed by atoms with Gasteiger partial charge in [-0.15, -0.1) is 32.9 Å². The smallest absolute Gasteiger partial charge is 0.355 e. The molecular weight excluding hydrogens is 1170 g/mol. The Bertz CT molecular complexity index is 3700. The van der Waals surface area contributed by atoms with Crippen molar-refractivity contribution in [1.29, 1.82) is 0 Å². The molecule has 0 spiro atoms. The van der Waals surface area contributed by atoms with Gasteiger partial charge in [-0.2, -0.15) is 0 Å². The fourth-order valence-corrected chi connectivity index (χ4v) is 13.8. The summed E-state index contributed by atoms with van der Waals surface area (Å²) in [5.74, 6) is 4.47. The third-order valence-electron chi connectivity index (χ3n) is 15.9. The molecule has 1 unspecified atom stereocenters. The van der Waals surface area contributed by atoms with Gasteiger partial charge in [0.15, 0.2) is 39.2 Å². The van der Waals surface area contributed by atoms with E-state index in [4.69, 9.17) is 4.74 Å². The molecule has 0 saturated carbocycles. The molecule has 3 aliphatic heterocycles. The average molecular weight is 1240 g/mol. The lowest BCUT2D eigenvalue weighted by molar-refractivity contribution is -0.144. The van der Waals surface area contributed by atoms with Gasteiger partial charge in [-0.25, -0.2) is 24.1 Å². The van der Waals surface area contributed by atoms with Crippen LogP contribution in [0.3, 0.4) is 0 Å². The molecule has 7 heterocycles. The topological polar surface area (TPSA) is 249 Å². The van der Waals surface area contributed by atoms with E-state index < -0.39 is 47.2 Å². The van der Waals surface area contributed by atoms with Gasteiger partial charge in [-0.1, -0.05) is 80.3 Å². The number of carboxylic acids is 1. The third-order valence-corrected chi connectivity index (χ3v) is 18.9. The first-order chi connectivity index (χ1) is 41.8. The number of rotatable bonds is 20. The molecule has 24 heteroatoms. The minimum atomic E-state index is -1.13. The van der Waals surface area contributed by atoms with E-state index in [1.807, 2.05) is 100 Å². The number of fused-ring (bicyclic) bond motifs is 2. The van der Waals surface area contributed by atoms with Crippen molar-refractivity contribution >= 4 is 95.7 Å². The number of hydrogen-bond donors (Lipinski definition) is 5. The molecule has 0 radical (unpaired) electrons. The fourth-order valence-electron chi connectivity index (χ4n) is 11.0. The Morgan fingerprint density at radius 3 is 2.43 bits per heavy atom. The van der Waals surface area contributed by atoms with E-state index in [9.17, 15) is 34.2 Å². The number of nitrogens with zero attached hydrogens (tertiary/aromatic N) is 9. The summed E-state index contributed by atoms with van der Waals surface area (Å²) in [7, 11) is 0. The second-order valence-corrected chi connectivity index (χ2v) is 26.2. The predicted molar refractivity (Wildman–Crippen MR) is 334 cm³/mol. The van der Waals surface area contributed by atoms with Crippen LogP contribution >= 0.6 is 34.0 Å². The number of piperazine rings is 1. The number of anilines is 4. The van der Waals surface area contributed by atoms with Crippen molar-refractivity contribution in [3.8, 4) is 28.0 Å². The van der Waals surface area contributed by atoms with Crippen LogP contribution in [0.15, 0.2) is 72.2 Å². The number of thiazole rings is 3. The molecule has 5 N–H and O–H groups in total. The van der Waals surface area contributed by atoms with Crippen LogP contribution < -0.4 is 25.6 Å².